The normalized spacial score (nSPS) is 17.1. The van der Waals surface area contributed by atoms with Gasteiger partial charge in [0.15, 0.2) is 0 Å². The van der Waals surface area contributed by atoms with Gasteiger partial charge in [0, 0.05) is 6.54 Å². The zero-order chi connectivity index (χ0) is 19.9. The van der Waals surface area contributed by atoms with E-state index in [2.05, 4.69) is 10.6 Å². The summed E-state index contributed by atoms with van der Waals surface area (Å²) < 4.78 is 0. The summed E-state index contributed by atoms with van der Waals surface area (Å²) in [5.41, 5.74) is -0.00585. The smallest absolute Gasteiger partial charge is 0.311 e. The van der Waals surface area contributed by atoms with Crippen LogP contribution in [0.15, 0.2) is 30.3 Å². The Bertz CT molecular complexity index is 651. The second kappa shape index (κ2) is 9.53. The van der Waals surface area contributed by atoms with E-state index in [1.807, 2.05) is 44.2 Å². The Labute approximate surface area is 160 Å². The zero-order valence-corrected chi connectivity index (χ0v) is 16.2. The number of carbonyl (C=O) groups is 3. The number of carboxylic acids is 1. The maximum absolute atomic E-state index is 12.7. The number of hydrogen-bond donors (Lipinski definition) is 3. The fraction of sp³-hybridized carbons (Fsp3) is 0.571. The molecule has 0 saturated heterocycles. The molecular weight excluding hydrogens is 344 g/mol. The van der Waals surface area contributed by atoms with Gasteiger partial charge >= 0.3 is 5.97 Å². The lowest BCUT2D eigenvalue weighted by Gasteiger charge is -2.34. The van der Waals surface area contributed by atoms with Gasteiger partial charge in [-0.2, -0.15) is 0 Å². The van der Waals surface area contributed by atoms with Crippen LogP contribution in [0, 0.1) is 11.3 Å². The van der Waals surface area contributed by atoms with E-state index in [0.29, 0.717) is 12.8 Å². The van der Waals surface area contributed by atoms with Crippen LogP contribution in [0.5, 0.6) is 0 Å². The fourth-order valence-corrected chi connectivity index (χ4v) is 3.60. The molecule has 0 bridgehead atoms. The minimum Gasteiger partial charge on any atom is -0.481 e. The molecule has 2 rings (SSSR count). The zero-order valence-electron chi connectivity index (χ0n) is 16.2. The second-order valence-corrected chi connectivity index (χ2v) is 7.82. The third-order valence-electron chi connectivity index (χ3n) is 5.34. The average Bonchev–Trinajstić information content (AvgIpc) is 2.65. The number of nitrogens with one attached hydrogen (secondary N) is 2. The lowest BCUT2D eigenvalue weighted by molar-refractivity contribution is -0.151. The first-order valence-corrected chi connectivity index (χ1v) is 9.68. The highest BCUT2D eigenvalue weighted by molar-refractivity contribution is 5.89. The molecule has 1 unspecified atom stereocenters. The van der Waals surface area contributed by atoms with Crippen LogP contribution in [-0.2, 0) is 20.8 Å². The molecule has 1 atom stereocenters. The predicted molar refractivity (Wildman–Crippen MR) is 103 cm³/mol. The number of benzene rings is 1. The summed E-state index contributed by atoms with van der Waals surface area (Å²) in [6, 6.07) is 8.66. The van der Waals surface area contributed by atoms with E-state index in [1.165, 1.54) is 0 Å². The highest BCUT2D eigenvalue weighted by Gasteiger charge is 2.40. The van der Waals surface area contributed by atoms with Gasteiger partial charge in [-0.3, -0.25) is 14.4 Å². The van der Waals surface area contributed by atoms with Crippen LogP contribution in [0.2, 0.25) is 0 Å². The van der Waals surface area contributed by atoms with Crippen LogP contribution in [0.4, 0.5) is 0 Å². The van der Waals surface area contributed by atoms with Crippen LogP contribution >= 0.6 is 0 Å². The summed E-state index contributed by atoms with van der Waals surface area (Å²) in [5.74, 6) is -1.49. The SMILES string of the molecule is CC(C)C(NC(=O)Cc1ccccc1)C(=O)NCC1(C(=O)O)CCCCC1. The van der Waals surface area contributed by atoms with Gasteiger partial charge in [-0.15, -0.1) is 0 Å². The molecule has 1 aromatic carbocycles. The average molecular weight is 374 g/mol. The number of carboxylic acid groups (broad SMARTS) is 1. The first kappa shape index (κ1) is 20.9. The Morgan fingerprint density at radius 2 is 1.70 bits per heavy atom. The molecule has 6 heteroatoms. The molecule has 1 fully saturated rings. The molecule has 1 aliphatic carbocycles. The number of carbonyl (C=O) groups excluding carboxylic acids is 2. The first-order chi connectivity index (χ1) is 12.8. The molecule has 0 heterocycles. The van der Waals surface area contributed by atoms with Crippen molar-refractivity contribution in [1.82, 2.24) is 10.6 Å². The summed E-state index contributed by atoms with van der Waals surface area (Å²) in [4.78, 5) is 36.7. The Hall–Kier alpha value is -2.37. The van der Waals surface area contributed by atoms with Crippen molar-refractivity contribution in [3.05, 3.63) is 35.9 Å². The van der Waals surface area contributed by atoms with Crippen LogP contribution in [-0.4, -0.2) is 35.5 Å². The van der Waals surface area contributed by atoms with Crippen molar-refractivity contribution in [3.8, 4) is 0 Å². The Balaban J connectivity index is 1.95. The Morgan fingerprint density at radius 3 is 2.26 bits per heavy atom. The second-order valence-electron chi connectivity index (χ2n) is 7.82. The molecule has 3 N–H and O–H groups in total. The summed E-state index contributed by atoms with van der Waals surface area (Å²) in [5, 5.41) is 15.2. The molecule has 1 aromatic rings. The standard InChI is InChI=1S/C21H30N2O4/c1-15(2)18(23-17(24)13-16-9-5-3-6-10-16)19(25)22-14-21(20(26)27)11-7-4-8-12-21/h3,5-6,9-10,15,18H,4,7-8,11-14H2,1-2H3,(H,22,25)(H,23,24)(H,26,27). The number of rotatable bonds is 8. The van der Waals surface area contributed by atoms with Crippen molar-refractivity contribution in [2.75, 3.05) is 6.54 Å². The number of amides is 2. The Morgan fingerprint density at radius 1 is 1.07 bits per heavy atom. The molecule has 0 aromatic heterocycles. The van der Waals surface area contributed by atoms with Crippen molar-refractivity contribution in [1.29, 1.82) is 0 Å². The molecule has 0 aliphatic heterocycles. The van der Waals surface area contributed by atoms with Crippen molar-refractivity contribution in [3.63, 3.8) is 0 Å². The first-order valence-electron chi connectivity index (χ1n) is 9.68. The van der Waals surface area contributed by atoms with Gasteiger partial charge in [0.2, 0.25) is 11.8 Å². The number of aliphatic carboxylic acids is 1. The lowest BCUT2D eigenvalue weighted by atomic mass is 9.74. The summed E-state index contributed by atoms with van der Waals surface area (Å²) in [7, 11) is 0. The molecule has 148 valence electrons. The van der Waals surface area contributed by atoms with E-state index in [4.69, 9.17) is 0 Å². The van der Waals surface area contributed by atoms with Crippen molar-refractivity contribution in [2.45, 2.75) is 58.4 Å². The van der Waals surface area contributed by atoms with Gasteiger partial charge in [-0.05, 0) is 24.3 Å². The molecule has 2 amide bonds. The van der Waals surface area contributed by atoms with E-state index in [1.54, 1.807) is 0 Å². The lowest BCUT2D eigenvalue weighted by Crippen LogP contribution is -2.53. The van der Waals surface area contributed by atoms with Gasteiger partial charge in [-0.1, -0.05) is 63.4 Å². The number of hydrogen-bond acceptors (Lipinski definition) is 3. The van der Waals surface area contributed by atoms with E-state index in [9.17, 15) is 19.5 Å². The summed E-state index contributed by atoms with van der Waals surface area (Å²) >= 11 is 0. The minimum atomic E-state index is -0.885. The van der Waals surface area contributed by atoms with E-state index < -0.39 is 17.4 Å². The summed E-state index contributed by atoms with van der Waals surface area (Å²) in [6.45, 7) is 3.83. The maximum atomic E-state index is 12.7. The van der Waals surface area contributed by atoms with Crippen LogP contribution in [0.25, 0.3) is 0 Å². The maximum Gasteiger partial charge on any atom is 0.311 e. The monoisotopic (exact) mass is 374 g/mol. The van der Waals surface area contributed by atoms with Crippen LogP contribution in [0.1, 0.15) is 51.5 Å². The van der Waals surface area contributed by atoms with E-state index in [0.717, 1.165) is 24.8 Å². The molecule has 1 aliphatic rings. The molecule has 6 nitrogen and oxygen atoms in total. The topological polar surface area (TPSA) is 95.5 Å². The molecular formula is C21H30N2O4. The predicted octanol–water partition coefficient (Wildman–Crippen LogP) is 2.52. The molecule has 0 spiro atoms. The van der Waals surface area contributed by atoms with Crippen molar-refractivity contribution >= 4 is 17.8 Å². The minimum absolute atomic E-state index is 0.100. The molecule has 27 heavy (non-hydrogen) atoms. The van der Waals surface area contributed by atoms with Crippen molar-refractivity contribution < 1.29 is 19.5 Å². The quantitative estimate of drug-likeness (QED) is 0.651. The third kappa shape index (κ3) is 5.81. The van der Waals surface area contributed by atoms with Crippen LogP contribution < -0.4 is 10.6 Å². The van der Waals surface area contributed by atoms with Gasteiger partial charge < -0.3 is 15.7 Å². The van der Waals surface area contributed by atoms with Gasteiger partial charge in [0.25, 0.3) is 0 Å². The third-order valence-corrected chi connectivity index (χ3v) is 5.34. The van der Waals surface area contributed by atoms with Crippen LogP contribution in [0.3, 0.4) is 0 Å². The summed E-state index contributed by atoms with van der Waals surface area (Å²) in [6.07, 6.45) is 4.13. The highest BCUT2D eigenvalue weighted by atomic mass is 16.4. The largest absolute Gasteiger partial charge is 0.481 e. The molecule has 1 saturated carbocycles. The van der Waals surface area contributed by atoms with E-state index in [-0.39, 0.29) is 30.7 Å². The van der Waals surface area contributed by atoms with E-state index >= 15 is 0 Å². The highest BCUT2D eigenvalue weighted by Crippen LogP contribution is 2.36. The van der Waals surface area contributed by atoms with Gasteiger partial charge in [-0.25, -0.2) is 0 Å². The van der Waals surface area contributed by atoms with Gasteiger partial charge in [0.1, 0.15) is 6.04 Å². The molecule has 0 radical (unpaired) electrons. The van der Waals surface area contributed by atoms with Gasteiger partial charge in [0.05, 0.1) is 11.8 Å². The fourth-order valence-electron chi connectivity index (χ4n) is 3.60. The Kier molecular flexibility index (Phi) is 7.39. The van der Waals surface area contributed by atoms with Crippen molar-refractivity contribution in [2.24, 2.45) is 11.3 Å².